The predicted octanol–water partition coefficient (Wildman–Crippen LogP) is 1.79. The van der Waals surface area contributed by atoms with Gasteiger partial charge < -0.3 is 15.4 Å². The lowest BCUT2D eigenvalue weighted by atomic mass is 10.1. The number of nitrogens with two attached hydrogens (primary N) is 1. The third-order valence-electron chi connectivity index (χ3n) is 2.95. The number of pyridine rings is 1. The van der Waals surface area contributed by atoms with Crippen LogP contribution >= 0.6 is 15.9 Å². The maximum absolute atomic E-state index is 5.66. The normalized spacial score (nSPS) is 17.4. The van der Waals surface area contributed by atoms with Crippen molar-refractivity contribution in [3.8, 4) is 0 Å². The minimum Gasteiger partial charge on any atom is -0.377 e. The zero-order valence-electron chi connectivity index (χ0n) is 9.81. The highest BCUT2D eigenvalue weighted by Crippen LogP contribution is 2.20. The molecule has 0 radical (unpaired) electrons. The lowest BCUT2D eigenvalue weighted by Gasteiger charge is -2.32. The van der Waals surface area contributed by atoms with Gasteiger partial charge in [-0.2, -0.15) is 0 Å². The lowest BCUT2D eigenvalue weighted by Crippen LogP contribution is -2.38. The Balaban J connectivity index is 1.84. The summed E-state index contributed by atoms with van der Waals surface area (Å²) in [5.41, 5.74) is 5.43. The number of rotatable bonds is 4. The molecule has 1 aromatic heterocycles. The van der Waals surface area contributed by atoms with Crippen LogP contribution in [0.15, 0.2) is 22.8 Å². The zero-order valence-corrected chi connectivity index (χ0v) is 11.4. The van der Waals surface area contributed by atoms with Crippen LogP contribution in [-0.2, 0) is 4.74 Å². The number of halogens is 1. The summed E-state index contributed by atoms with van der Waals surface area (Å²) in [4.78, 5) is 6.71. The number of nitrogens with zero attached hydrogens (tertiary/aromatic N) is 2. The Bertz CT molecular complexity index is 336. The molecule has 2 heterocycles. The van der Waals surface area contributed by atoms with E-state index in [2.05, 4.69) is 25.8 Å². The third kappa shape index (κ3) is 3.66. The van der Waals surface area contributed by atoms with Crippen LogP contribution in [0.2, 0.25) is 0 Å². The van der Waals surface area contributed by atoms with Gasteiger partial charge in [-0.05, 0) is 40.9 Å². The van der Waals surface area contributed by atoms with E-state index >= 15 is 0 Å². The first-order valence-electron chi connectivity index (χ1n) is 5.98. The molecule has 1 fully saturated rings. The molecule has 2 N–H and O–H groups in total. The van der Waals surface area contributed by atoms with Crippen LogP contribution in [0.4, 0.5) is 5.82 Å². The van der Waals surface area contributed by atoms with E-state index in [-0.39, 0.29) is 0 Å². The number of hydrogen-bond acceptors (Lipinski definition) is 4. The average molecular weight is 300 g/mol. The quantitative estimate of drug-likeness (QED) is 0.921. The third-order valence-corrected chi connectivity index (χ3v) is 3.42. The SMILES string of the molecule is NCCOC1CCN(c2ccc(Br)cn2)CC1. The maximum atomic E-state index is 5.66. The molecule has 1 aliphatic heterocycles. The molecule has 1 aliphatic rings. The van der Waals surface area contributed by atoms with E-state index in [1.165, 1.54) is 0 Å². The second kappa shape index (κ2) is 6.33. The molecule has 2 rings (SSSR count). The van der Waals surface area contributed by atoms with E-state index in [9.17, 15) is 0 Å². The van der Waals surface area contributed by atoms with Crippen molar-refractivity contribution in [2.24, 2.45) is 5.73 Å². The summed E-state index contributed by atoms with van der Waals surface area (Å²) >= 11 is 3.39. The van der Waals surface area contributed by atoms with Crippen molar-refractivity contribution in [3.05, 3.63) is 22.8 Å². The van der Waals surface area contributed by atoms with Crippen molar-refractivity contribution in [3.63, 3.8) is 0 Å². The number of anilines is 1. The molecule has 0 atom stereocenters. The first kappa shape index (κ1) is 12.8. The smallest absolute Gasteiger partial charge is 0.128 e. The van der Waals surface area contributed by atoms with E-state index < -0.39 is 0 Å². The first-order valence-corrected chi connectivity index (χ1v) is 6.77. The van der Waals surface area contributed by atoms with Gasteiger partial charge in [0.25, 0.3) is 0 Å². The minimum atomic E-state index is 0.366. The fraction of sp³-hybridized carbons (Fsp3) is 0.583. The predicted molar refractivity (Wildman–Crippen MR) is 72.2 cm³/mol. The summed E-state index contributed by atoms with van der Waals surface area (Å²) in [6, 6.07) is 4.07. The van der Waals surface area contributed by atoms with Gasteiger partial charge in [-0.15, -0.1) is 0 Å². The molecule has 0 saturated carbocycles. The summed E-state index contributed by atoms with van der Waals surface area (Å²) in [5.74, 6) is 1.05. The Kier molecular flexibility index (Phi) is 4.76. The van der Waals surface area contributed by atoms with E-state index in [1.807, 2.05) is 18.3 Å². The minimum absolute atomic E-state index is 0.366. The van der Waals surface area contributed by atoms with Crippen LogP contribution in [0, 0.1) is 0 Å². The molecular weight excluding hydrogens is 282 g/mol. The van der Waals surface area contributed by atoms with Crippen molar-refractivity contribution >= 4 is 21.7 Å². The Hall–Kier alpha value is -0.650. The van der Waals surface area contributed by atoms with E-state index in [0.29, 0.717) is 19.3 Å². The van der Waals surface area contributed by atoms with Crippen molar-refractivity contribution in [1.29, 1.82) is 0 Å². The Labute approximate surface area is 110 Å². The fourth-order valence-corrected chi connectivity index (χ4v) is 2.28. The van der Waals surface area contributed by atoms with Crippen LogP contribution in [0.25, 0.3) is 0 Å². The second-order valence-corrected chi connectivity index (χ2v) is 5.10. The molecule has 5 heteroatoms. The van der Waals surface area contributed by atoms with E-state index in [4.69, 9.17) is 10.5 Å². The Morgan fingerprint density at radius 2 is 2.18 bits per heavy atom. The Morgan fingerprint density at radius 1 is 1.41 bits per heavy atom. The molecule has 17 heavy (non-hydrogen) atoms. The highest BCUT2D eigenvalue weighted by atomic mass is 79.9. The zero-order chi connectivity index (χ0) is 12.1. The summed E-state index contributed by atoms with van der Waals surface area (Å²) in [6.45, 7) is 3.28. The Morgan fingerprint density at radius 3 is 2.76 bits per heavy atom. The molecule has 94 valence electrons. The molecule has 0 bridgehead atoms. The van der Waals surface area contributed by atoms with Crippen molar-refractivity contribution in [2.75, 3.05) is 31.1 Å². The lowest BCUT2D eigenvalue weighted by molar-refractivity contribution is 0.0421. The molecule has 1 saturated heterocycles. The summed E-state index contributed by atoms with van der Waals surface area (Å²) in [6.07, 6.45) is 4.31. The fourth-order valence-electron chi connectivity index (χ4n) is 2.04. The average Bonchev–Trinajstić information content (AvgIpc) is 2.38. The van der Waals surface area contributed by atoms with Gasteiger partial charge in [-0.3, -0.25) is 0 Å². The van der Waals surface area contributed by atoms with Gasteiger partial charge in [0.2, 0.25) is 0 Å². The topological polar surface area (TPSA) is 51.4 Å². The summed E-state index contributed by atoms with van der Waals surface area (Å²) < 4.78 is 6.67. The highest BCUT2D eigenvalue weighted by Gasteiger charge is 2.20. The van der Waals surface area contributed by atoms with Gasteiger partial charge in [0.1, 0.15) is 5.82 Å². The molecule has 0 aliphatic carbocycles. The van der Waals surface area contributed by atoms with Crippen LogP contribution in [0.1, 0.15) is 12.8 Å². The van der Waals surface area contributed by atoms with E-state index in [0.717, 1.165) is 36.2 Å². The van der Waals surface area contributed by atoms with Gasteiger partial charge >= 0.3 is 0 Å². The van der Waals surface area contributed by atoms with Crippen LogP contribution in [0.5, 0.6) is 0 Å². The standard InChI is InChI=1S/C12H18BrN3O/c13-10-1-2-12(15-9-10)16-6-3-11(4-7-16)17-8-5-14/h1-2,9,11H,3-8,14H2. The number of aromatic nitrogens is 1. The molecule has 0 unspecified atom stereocenters. The van der Waals surface area contributed by atoms with Crippen LogP contribution in [0.3, 0.4) is 0 Å². The molecule has 0 aromatic carbocycles. The van der Waals surface area contributed by atoms with Crippen LogP contribution < -0.4 is 10.6 Å². The maximum Gasteiger partial charge on any atom is 0.128 e. The second-order valence-electron chi connectivity index (χ2n) is 4.18. The van der Waals surface area contributed by atoms with E-state index in [1.54, 1.807) is 0 Å². The van der Waals surface area contributed by atoms with Gasteiger partial charge in [-0.25, -0.2) is 4.98 Å². The molecule has 0 spiro atoms. The monoisotopic (exact) mass is 299 g/mol. The molecule has 4 nitrogen and oxygen atoms in total. The number of piperidine rings is 1. The van der Waals surface area contributed by atoms with Crippen LogP contribution in [-0.4, -0.2) is 37.3 Å². The first-order chi connectivity index (χ1) is 8.29. The summed E-state index contributed by atoms with van der Waals surface area (Å²) in [5, 5.41) is 0. The van der Waals surface area contributed by atoms with Gasteiger partial charge in [-0.1, -0.05) is 0 Å². The number of hydrogen-bond donors (Lipinski definition) is 1. The van der Waals surface area contributed by atoms with Crippen molar-refractivity contribution in [2.45, 2.75) is 18.9 Å². The largest absolute Gasteiger partial charge is 0.377 e. The van der Waals surface area contributed by atoms with Gasteiger partial charge in [0, 0.05) is 30.3 Å². The highest BCUT2D eigenvalue weighted by molar-refractivity contribution is 9.10. The number of ether oxygens (including phenoxy) is 1. The summed E-state index contributed by atoms with van der Waals surface area (Å²) in [7, 11) is 0. The van der Waals surface area contributed by atoms with Gasteiger partial charge in [0.15, 0.2) is 0 Å². The molecule has 0 amide bonds. The van der Waals surface area contributed by atoms with Crippen molar-refractivity contribution < 1.29 is 4.74 Å². The molecule has 1 aromatic rings. The van der Waals surface area contributed by atoms with Gasteiger partial charge in [0.05, 0.1) is 12.7 Å². The molecular formula is C12H18BrN3O. The van der Waals surface area contributed by atoms with Crippen molar-refractivity contribution in [1.82, 2.24) is 4.98 Å².